The fraction of sp³-hybridized carbons (Fsp3) is 0.227. The highest BCUT2D eigenvalue weighted by Gasteiger charge is 2.12. The van der Waals surface area contributed by atoms with E-state index in [0.29, 0.717) is 10.7 Å². The summed E-state index contributed by atoms with van der Waals surface area (Å²) in [4.78, 5) is 4.65. The molecule has 1 aromatic carbocycles. The summed E-state index contributed by atoms with van der Waals surface area (Å²) in [6, 6.07) is 8.75. The highest BCUT2D eigenvalue weighted by Crippen LogP contribution is 2.30. The lowest BCUT2D eigenvalue weighted by Gasteiger charge is -2.13. The van der Waals surface area contributed by atoms with Crippen molar-refractivity contribution in [3.8, 4) is 11.1 Å². The predicted octanol–water partition coefficient (Wildman–Crippen LogP) is 4.39. The second-order valence-corrected chi connectivity index (χ2v) is 8.92. The third kappa shape index (κ3) is 4.51. The van der Waals surface area contributed by atoms with Crippen LogP contribution in [0.2, 0.25) is 0 Å². The first-order chi connectivity index (χ1) is 13.3. The molecule has 0 atom stereocenters. The van der Waals surface area contributed by atoms with Gasteiger partial charge in [-0.3, -0.25) is 0 Å². The average molecular weight is 397 g/mol. The first kappa shape index (κ1) is 19.9. The smallest absolute Gasteiger partial charge is 0.175 e. The van der Waals surface area contributed by atoms with Crippen molar-refractivity contribution >= 4 is 21.2 Å². The number of benzene rings is 1. The lowest BCUT2D eigenvalue weighted by molar-refractivity contribution is 0.277. The van der Waals surface area contributed by atoms with Crippen LogP contribution in [0.1, 0.15) is 25.3 Å². The van der Waals surface area contributed by atoms with Crippen molar-refractivity contribution in [2.45, 2.75) is 24.7 Å². The molecule has 3 rings (SSSR count). The van der Waals surface area contributed by atoms with Gasteiger partial charge < -0.3 is 10.5 Å². The second kappa shape index (κ2) is 8.02. The van der Waals surface area contributed by atoms with Crippen LogP contribution in [-0.2, 0) is 14.6 Å². The van der Waals surface area contributed by atoms with Crippen LogP contribution in [0.15, 0.2) is 71.0 Å². The Labute approximate surface area is 166 Å². The van der Waals surface area contributed by atoms with E-state index in [-0.39, 0.29) is 0 Å². The zero-order valence-corrected chi connectivity index (χ0v) is 17.1. The molecule has 146 valence electrons. The normalized spacial score (nSPS) is 15.0. The topological polar surface area (TPSA) is 82.3 Å². The fourth-order valence-electron chi connectivity index (χ4n) is 3.07. The van der Waals surface area contributed by atoms with Crippen molar-refractivity contribution < 1.29 is 13.2 Å². The number of allylic oxidation sites excluding steroid dienone is 6. The van der Waals surface area contributed by atoms with Crippen LogP contribution >= 0.6 is 0 Å². The van der Waals surface area contributed by atoms with Crippen molar-refractivity contribution in [3.05, 3.63) is 71.7 Å². The van der Waals surface area contributed by atoms with E-state index in [1.807, 2.05) is 18.2 Å². The third-order valence-corrected chi connectivity index (χ3v) is 5.85. The Morgan fingerprint density at radius 2 is 1.79 bits per heavy atom. The molecule has 0 spiro atoms. The highest BCUT2D eigenvalue weighted by molar-refractivity contribution is 7.90. The number of nitrogens with zero attached hydrogens (tertiary/aromatic N) is 1. The predicted molar refractivity (Wildman–Crippen MR) is 113 cm³/mol. The monoisotopic (exact) mass is 396 g/mol. The van der Waals surface area contributed by atoms with Crippen LogP contribution in [0.3, 0.4) is 0 Å². The van der Waals surface area contributed by atoms with E-state index in [1.54, 1.807) is 37.6 Å². The number of ether oxygens (including phenoxy) is 1. The summed E-state index contributed by atoms with van der Waals surface area (Å²) in [5.74, 6) is 1.36. The van der Waals surface area contributed by atoms with E-state index < -0.39 is 9.84 Å². The lowest BCUT2D eigenvalue weighted by Crippen LogP contribution is -1.99. The Morgan fingerprint density at radius 3 is 2.43 bits per heavy atom. The van der Waals surface area contributed by atoms with Gasteiger partial charge in [0.1, 0.15) is 5.82 Å². The summed E-state index contributed by atoms with van der Waals surface area (Å²) in [6.45, 7) is 2.09. The summed E-state index contributed by atoms with van der Waals surface area (Å²) in [5.41, 5.74) is 10.9. The molecular weight excluding hydrogens is 372 g/mol. The quantitative estimate of drug-likeness (QED) is 0.829. The molecule has 28 heavy (non-hydrogen) atoms. The molecule has 2 N–H and O–H groups in total. The van der Waals surface area contributed by atoms with Crippen molar-refractivity contribution in [2.75, 3.05) is 19.1 Å². The summed E-state index contributed by atoms with van der Waals surface area (Å²) < 4.78 is 28.8. The number of anilines is 1. The number of hydrogen-bond acceptors (Lipinski definition) is 5. The number of hydrogen-bond donors (Lipinski definition) is 1. The molecule has 1 aliphatic rings. The Hall–Kier alpha value is -2.86. The van der Waals surface area contributed by atoms with E-state index in [9.17, 15) is 8.42 Å². The lowest BCUT2D eigenvalue weighted by atomic mass is 9.96. The minimum absolute atomic E-state index is 0.290. The Morgan fingerprint density at radius 1 is 1.07 bits per heavy atom. The van der Waals surface area contributed by atoms with E-state index in [4.69, 9.17) is 10.5 Å². The van der Waals surface area contributed by atoms with Crippen LogP contribution in [0, 0.1) is 0 Å². The molecular formula is C22H24N2O3S. The average Bonchev–Trinajstić information content (AvgIpc) is 2.65. The number of aromatic nitrogens is 1. The zero-order valence-electron chi connectivity index (χ0n) is 16.3. The number of methoxy groups -OCH3 is 1. The molecule has 0 bridgehead atoms. The molecule has 1 heterocycles. The van der Waals surface area contributed by atoms with Crippen LogP contribution < -0.4 is 5.73 Å². The summed E-state index contributed by atoms with van der Waals surface area (Å²) in [6.07, 6.45) is 10.7. The van der Waals surface area contributed by atoms with Gasteiger partial charge in [0.2, 0.25) is 0 Å². The number of sulfone groups is 1. The van der Waals surface area contributed by atoms with Gasteiger partial charge in [-0.15, -0.1) is 0 Å². The SMILES string of the molecule is COC1=CC=C(c2cc(-c3ccc(S(C)(=O)=O)cc3)cnc2N)C=C(C)CC1. The van der Waals surface area contributed by atoms with Gasteiger partial charge in [-0.2, -0.15) is 0 Å². The van der Waals surface area contributed by atoms with Gasteiger partial charge in [0.05, 0.1) is 17.8 Å². The molecule has 0 saturated carbocycles. The van der Waals surface area contributed by atoms with Crippen LogP contribution in [0.4, 0.5) is 5.82 Å². The maximum atomic E-state index is 11.7. The molecule has 0 saturated heterocycles. The first-order valence-electron chi connectivity index (χ1n) is 8.96. The molecule has 2 aromatic rings. The van der Waals surface area contributed by atoms with Crippen LogP contribution in [-0.4, -0.2) is 26.8 Å². The Bertz CT molecular complexity index is 1080. The van der Waals surface area contributed by atoms with Gasteiger partial charge >= 0.3 is 0 Å². The number of rotatable bonds is 4. The van der Waals surface area contributed by atoms with Gasteiger partial charge in [0.25, 0.3) is 0 Å². The molecule has 1 aromatic heterocycles. The number of nitrogens with two attached hydrogens (primary N) is 1. The van der Waals surface area contributed by atoms with Gasteiger partial charge in [0.15, 0.2) is 9.84 Å². The Kier molecular flexibility index (Phi) is 5.70. The molecule has 0 aliphatic heterocycles. The fourth-order valence-corrected chi connectivity index (χ4v) is 3.70. The maximum absolute atomic E-state index is 11.7. The van der Waals surface area contributed by atoms with E-state index >= 15 is 0 Å². The summed E-state index contributed by atoms with van der Waals surface area (Å²) in [5, 5.41) is 0. The largest absolute Gasteiger partial charge is 0.501 e. The van der Waals surface area contributed by atoms with Crippen LogP contribution in [0.25, 0.3) is 16.7 Å². The Balaban J connectivity index is 2.05. The van der Waals surface area contributed by atoms with Crippen molar-refractivity contribution in [1.29, 1.82) is 0 Å². The minimum Gasteiger partial charge on any atom is -0.501 e. The second-order valence-electron chi connectivity index (χ2n) is 6.90. The van der Waals surface area contributed by atoms with E-state index in [2.05, 4.69) is 18.0 Å². The molecule has 6 heteroatoms. The molecule has 5 nitrogen and oxygen atoms in total. The molecule has 0 unspecified atom stereocenters. The van der Waals surface area contributed by atoms with Gasteiger partial charge in [0, 0.05) is 30.0 Å². The highest BCUT2D eigenvalue weighted by atomic mass is 32.2. The summed E-state index contributed by atoms with van der Waals surface area (Å²) >= 11 is 0. The molecule has 1 aliphatic carbocycles. The van der Waals surface area contributed by atoms with Gasteiger partial charge in [-0.25, -0.2) is 13.4 Å². The van der Waals surface area contributed by atoms with Crippen molar-refractivity contribution in [3.63, 3.8) is 0 Å². The standard InChI is InChI=1S/C22H24N2O3S/c1-15-4-8-19(27-2)9-5-17(12-15)21-13-18(14-24-22(21)23)16-6-10-20(11-7-16)28(3,25)26/h5-7,9-14H,4,8H2,1-3H3,(H2,23,24). The van der Waals surface area contributed by atoms with Crippen molar-refractivity contribution in [2.24, 2.45) is 0 Å². The third-order valence-electron chi connectivity index (χ3n) is 4.72. The summed E-state index contributed by atoms with van der Waals surface area (Å²) in [7, 11) is -1.55. The maximum Gasteiger partial charge on any atom is 0.175 e. The number of pyridine rings is 1. The van der Waals surface area contributed by atoms with Crippen molar-refractivity contribution in [1.82, 2.24) is 4.98 Å². The molecule has 0 fully saturated rings. The van der Waals surface area contributed by atoms with Gasteiger partial charge in [-0.05, 0) is 48.8 Å². The van der Waals surface area contributed by atoms with E-state index in [0.717, 1.165) is 40.9 Å². The van der Waals surface area contributed by atoms with Gasteiger partial charge in [-0.1, -0.05) is 29.9 Å². The molecule has 0 radical (unpaired) electrons. The number of nitrogen functional groups attached to an aromatic ring is 1. The van der Waals surface area contributed by atoms with Crippen LogP contribution in [0.5, 0.6) is 0 Å². The van der Waals surface area contributed by atoms with E-state index in [1.165, 1.54) is 11.8 Å². The minimum atomic E-state index is -3.23. The molecule has 0 amide bonds. The zero-order chi connectivity index (χ0) is 20.3. The first-order valence-corrected chi connectivity index (χ1v) is 10.9.